The lowest BCUT2D eigenvalue weighted by molar-refractivity contribution is -0.119. The molecule has 0 spiro atoms. The van der Waals surface area contributed by atoms with Crippen LogP contribution in [0.2, 0.25) is 5.02 Å². The highest BCUT2D eigenvalue weighted by atomic mass is 35.5. The minimum absolute atomic E-state index is 0.200. The Hall–Kier alpha value is -3.29. The molecule has 1 atom stereocenters. The average molecular weight is 478 g/mol. The van der Waals surface area contributed by atoms with E-state index in [1.54, 1.807) is 30.4 Å². The van der Waals surface area contributed by atoms with Gasteiger partial charge >= 0.3 is 0 Å². The third-order valence-electron chi connectivity index (χ3n) is 5.54. The van der Waals surface area contributed by atoms with Crippen LogP contribution in [-0.2, 0) is 11.2 Å². The van der Waals surface area contributed by atoms with E-state index in [-0.39, 0.29) is 5.91 Å². The van der Waals surface area contributed by atoms with E-state index in [1.165, 1.54) is 5.56 Å². The summed E-state index contributed by atoms with van der Waals surface area (Å²) >= 11 is 11.9. The second-order valence-corrected chi connectivity index (χ2v) is 8.60. The van der Waals surface area contributed by atoms with Crippen molar-refractivity contribution in [2.75, 3.05) is 25.5 Å². The van der Waals surface area contributed by atoms with Gasteiger partial charge in [-0.15, -0.1) is 0 Å². The maximum atomic E-state index is 13.3. The molecule has 1 aliphatic rings. The number of hydrogen-bond donors (Lipinski definition) is 1. The zero-order valence-corrected chi connectivity index (χ0v) is 20.0. The standard InChI is InChI=1S/C25H24ClN5OS/c1-30(15-12-17-10-13-27-14-11-17)25(33)29-23-24(32)31(2)21-9-8-19(26)16-20(21)22(28-23)18-6-4-3-5-7-18/h3-11,13-14,16,23H,12,15H2,1-2H3,(H,29,33). The van der Waals surface area contributed by atoms with Crippen molar-refractivity contribution in [3.63, 3.8) is 0 Å². The van der Waals surface area contributed by atoms with Crippen LogP contribution in [0, 0.1) is 0 Å². The van der Waals surface area contributed by atoms with Gasteiger partial charge in [-0.2, -0.15) is 0 Å². The van der Waals surface area contributed by atoms with Crippen molar-refractivity contribution in [1.82, 2.24) is 15.2 Å². The molecule has 0 fully saturated rings. The molecule has 1 N–H and O–H groups in total. The van der Waals surface area contributed by atoms with Crippen molar-refractivity contribution >= 4 is 46.2 Å². The number of fused-ring (bicyclic) bond motifs is 1. The normalized spacial score (nSPS) is 15.4. The quantitative estimate of drug-likeness (QED) is 0.564. The van der Waals surface area contributed by atoms with Crippen LogP contribution in [0.1, 0.15) is 16.7 Å². The predicted molar refractivity (Wildman–Crippen MR) is 137 cm³/mol. The highest BCUT2D eigenvalue weighted by Crippen LogP contribution is 2.29. The van der Waals surface area contributed by atoms with Crippen LogP contribution in [0.4, 0.5) is 5.69 Å². The number of carbonyl (C=O) groups is 1. The first-order chi connectivity index (χ1) is 15.9. The number of aromatic nitrogens is 1. The molecule has 1 unspecified atom stereocenters. The van der Waals surface area contributed by atoms with Crippen LogP contribution in [0.3, 0.4) is 0 Å². The number of halogens is 1. The number of aliphatic imine (C=N–C) groups is 1. The van der Waals surface area contributed by atoms with Crippen molar-refractivity contribution in [2.24, 2.45) is 4.99 Å². The van der Waals surface area contributed by atoms with Crippen LogP contribution >= 0.6 is 23.8 Å². The molecule has 4 rings (SSSR count). The lowest BCUT2D eigenvalue weighted by atomic mass is 10.0. The number of benzodiazepines with no additional fused rings is 1. The molecule has 0 saturated heterocycles. The Labute approximate surface area is 203 Å². The largest absolute Gasteiger partial charge is 0.352 e. The maximum absolute atomic E-state index is 13.3. The Morgan fingerprint density at radius 2 is 1.88 bits per heavy atom. The van der Waals surface area contributed by atoms with Crippen LogP contribution in [0.5, 0.6) is 0 Å². The fraction of sp³-hybridized carbons (Fsp3) is 0.200. The summed E-state index contributed by atoms with van der Waals surface area (Å²) < 4.78 is 0. The Morgan fingerprint density at radius 1 is 1.15 bits per heavy atom. The smallest absolute Gasteiger partial charge is 0.272 e. The number of anilines is 1. The van der Waals surface area contributed by atoms with Crippen LogP contribution in [0.15, 0.2) is 78.0 Å². The minimum Gasteiger partial charge on any atom is -0.352 e. The van der Waals surface area contributed by atoms with Crippen molar-refractivity contribution in [2.45, 2.75) is 12.6 Å². The molecule has 0 radical (unpaired) electrons. The topological polar surface area (TPSA) is 60.8 Å². The summed E-state index contributed by atoms with van der Waals surface area (Å²) in [6.45, 7) is 0.692. The molecule has 168 valence electrons. The minimum atomic E-state index is -0.868. The molecule has 2 aromatic carbocycles. The van der Waals surface area contributed by atoms with E-state index in [4.69, 9.17) is 28.8 Å². The number of likely N-dealkylation sites (N-methyl/N-ethyl adjacent to an activating group) is 2. The molecule has 3 aromatic rings. The first-order valence-corrected chi connectivity index (χ1v) is 11.3. The number of hydrogen-bond acceptors (Lipinski definition) is 4. The van der Waals surface area contributed by atoms with E-state index in [0.717, 1.165) is 23.2 Å². The molecule has 1 amide bonds. The molecule has 33 heavy (non-hydrogen) atoms. The first kappa shape index (κ1) is 22.9. The number of nitrogens with zero attached hydrogens (tertiary/aromatic N) is 4. The van der Waals surface area contributed by atoms with Gasteiger partial charge in [-0.05, 0) is 54.5 Å². The zero-order chi connectivity index (χ0) is 23.4. The Bertz CT molecular complexity index is 1190. The lowest BCUT2D eigenvalue weighted by Gasteiger charge is -2.25. The molecule has 0 aliphatic carbocycles. The second-order valence-electron chi connectivity index (χ2n) is 7.78. The molecule has 2 heterocycles. The van der Waals surface area contributed by atoms with Crippen molar-refractivity contribution < 1.29 is 4.79 Å². The van der Waals surface area contributed by atoms with E-state index in [0.29, 0.717) is 22.4 Å². The van der Waals surface area contributed by atoms with Gasteiger partial charge in [-0.3, -0.25) is 9.78 Å². The van der Waals surface area contributed by atoms with Crippen molar-refractivity contribution in [3.8, 4) is 0 Å². The van der Waals surface area contributed by atoms with Gasteiger partial charge in [0.05, 0.1) is 11.4 Å². The number of rotatable bonds is 5. The lowest BCUT2D eigenvalue weighted by Crippen LogP contribution is -2.50. The number of carbonyl (C=O) groups excluding carboxylic acids is 1. The van der Waals surface area contributed by atoms with E-state index in [2.05, 4.69) is 10.3 Å². The zero-order valence-electron chi connectivity index (χ0n) is 18.4. The van der Waals surface area contributed by atoms with Gasteiger partial charge in [0.2, 0.25) is 6.17 Å². The molecule has 8 heteroatoms. The number of nitrogens with one attached hydrogen (secondary N) is 1. The number of thiocarbonyl (C=S) groups is 1. The van der Waals surface area contributed by atoms with E-state index >= 15 is 0 Å². The Kier molecular flexibility index (Phi) is 7.01. The molecule has 1 aromatic heterocycles. The highest BCUT2D eigenvalue weighted by Gasteiger charge is 2.31. The molecular formula is C25H24ClN5OS. The molecule has 1 aliphatic heterocycles. The number of amides is 1. The fourth-order valence-corrected chi connectivity index (χ4v) is 4.02. The molecule has 6 nitrogen and oxygen atoms in total. The molecule has 0 saturated carbocycles. The van der Waals surface area contributed by atoms with Crippen molar-refractivity contribution in [3.05, 3.63) is 94.8 Å². The van der Waals surface area contributed by atoms with E-state index in [9.17, 15) is 4.79 Å². The predicted octanol–water partition coefficient (Wildman–Crippen LogP) is 3.92. The number of benzene rings is 2. The summed E-state index contributed by atoms with van der Waals surface area (Å²) in [7, 11) is 3.64. The third kappa shape index (κ3) is 5.21. The summed E-state index contributed by atoms with van der Waals surface area (Å²) in [5.74, 6) is -0.200. The van der Waals surface area contributed by atoms with E-state index < -0.39 is 6.17 Å². The van der Waals surface area contributed by atoms with E-state index in [1.807, 2.05) is 66.5 Å². The van der Waals surface area contributed by atoms with Crippen molar-refractivity contribution in [1.29, 1.82) is 0 Å². The summed E-state index contributed by atoms with van der Waals surface area (Å²) in [5.41, 5.74) is 4.29. The van der Waals surface area contributed by atoms with Gasteiger partial charge in [-0.25, -0.2) is 4.99 Å². The van der Waals surface area contributed by atoms with Crippen LogP contribution in [0.25, 0.3) is 0 Å². The second kappa shape index (κ2) is 10.1. The molecular weight excluding hydrogens is 454 g/mol. The summed E-state index contributed by atoms with van der Waals surface area (Å²) in [6, 6.07) is 19.2. The number of pyridine rings is 1. The molecule has 0 bridgehead atoms. The maximum Gasteiger partial charge on any atom is 0.272 e. The Morgan fingerprint density at radius 3 is 2.61 bits per heavy atom. The van der Waals surface area contributed by atoms with Gasteiger partial charge in [0.25, 0.3) is 5.91 Å². The summed E-state index contributed by atoms with van der Waals surface area (Å²) in [6.07, 6.45) is 3.49. The van der Waals surface area contributed by atoms with Gasteiger partial charge < -0.3 is 15.1 Å². The Balaban J connectivity index is 1.61. The van der Waals surface area contributed by atoms with Gasteiger partial charge in [0.1, 0.15) is 0 Å². The van der Waals surface area contributed by atoms with Crippen LogP contribution < -0.4 is 10.2 Å². The van der Waals surface area contributed by atoms with Gasteiger partial charge in [-0.1, -0.05) is 41.9 Å². The third-order valence-corrected chi connectivity index (χ3v) is 6.20. The summed E-state index contributed by atoms with van der Waals surface area (Å²) in [5, 5.41) is 4.19. The van der Waals surface area contributed by atoms with Crippen LogP contribution in [-0.4, -0.2) is 53.4 Å². The monoisotopic (exact) mass is 477 g/mol. The van der Waals surface area contributed by atoms with Gasteiger partial charge in [0.15, 0.2) is 5.11 Å². The SMILES string of the molecule is CN(CCc1ccncc1)C(=S)NC1N=C(c2ccccc2)c2cc(Cl)ccc2N(C)C1=O. The summed E-state index contributed by atoms with van der Waals surface area (Å²) in [4.78, 5) is 25.7. The fourth-order valence-electron chi connectivity index (χ4n) is 3.64. The first-order valence-electron chi connectivity index (χ1n) is 10.6. The van der Waals surface area contributed by atoms with Gasteiger partial charge in [0, 0.05) is 49.2 Å². The average Bonchev–Trinajstić information content (AvgIpc) is 2.94. The highest BCUT2D eigenvalue weighted by molar-refractivity contribution is 7.80.